The summed E-state index contributed by atoms with van der Waals surface area (Å²) in [6.07, 6.45) is 3.31. The summed E-state index contributed by atoms with van der Waals surface area (Å²) >= 11 is 0. The number of methoxy groups -OCH3 is 1. The SMILES string of the molecule is CCC1(CC)C[C@@H](NC(=O)[C@H](C)N(c2cc(C)ccc2OC)S(C)(=O)=O)c2ccccc2O1. The number of benzene rings is 2. The number of rotatable bonds is 8. The molecule has 2 aromatic rings. The second kappa shape index (κ2) is 9.63. The minimum atomic E-state index is -3.78. The number of carbonyl (C=O) groups excluding carboxylic acids is 1. The van der Waals surface area contributed by atoms with Crippen molar-refractivity contribution in [2.45, 2.75) is 64.6 Å². The molecule has 0 aliphatic carbocycles. The summed E-state index contributed by atoms with van der Waals surface area (Å²) in [5.41, 5.74) is 1.72. The van der Waals surface area contributed by atoms with Gasteiger partial charge in [0.05, 0.1) is 25.1 Å². The van der Waals surface area contributed by atoms with Crippen LogP contribution < -0.4 is 19.1 Å². The van der Waals surface area contributed by atoms with Crippen LogP contribution in [0.1, 0.15) is 57.2 Å². The van der Waals surface area contributed by atoms with Gasteiger partial charge < -0.3 is 14.8 Å². The molecule has 0 saturated heterocycles. The first kappa shape index (κ1) is 24.9. The third-order valence-corrected chi connectivity index (χ3v) is 7.69. The lowest BCUT2D eigenvalue weighted by Gasteiger charge is -2.42. The second-order valence-corrected chi connectivity index (χ2v) is 10.6. The van der Waals surface area contributed by atoms with E-state index in [2.05, 4.69) is 19.2 Å². The first-order chi connectivity index (χ1) is 15.5. The Labute approximate surface area is 197 Å². The number of nitrogens with zero attached hydrogens (tertiary/aromatic N) is 1. The Morgan fingerprint density at radius 2 is 1.91 bits per heavy atom. The summed E-state index contributed by atoms with van der Waals surface area (Å²) in [7, 11) is -2.30. The number of anilines is 1. The maximum absolute atomic E-state index is 13.5. The van der Waals surface area contributed by atoms with E-state index < -0.39 is 16.1 Å². The molecule has 0 aromatic heterocycles. The number of amides is 1. The zero-order valence-electron chi connectivity index (χ0n) is 20.2. The van der Waals surface area contributed by atoms with E-state index in [1.165, 1.54) is 7.11 Å². The van der Waals surface area contributed by atoms with Crippen molar-refractivity contribution in [2.24, 2.45) is 0 Å². The van der Waals surface area contributed by atoms with Crippen molar-refractivity contribution in [3.8, 4) is 11.5 Å². The molecular formula is C25H34N2O5S. The number of sulfonamides is 1. The van der Waals surface area contributed by atoms with Crippen LogP contribution in [0, 0.1) is 6.92 Å². The lowest BCUT2D eigenvalue weighted by atomic mass is 9.83. The summed E-state index contributed by atoms with van der Waals surface area (Å²) in [5.74, 6) is 0.760. The van der Waals surface area contributed by atoms with Crippen molar-refractivity contribution in [3.63, 3.8) is 0 Å². The first-order valence-electron chi connectivity index (χ1n) is 11.3. The van der Waals surface area contributed by atoms with E-state index in [1.807, 2.05) is 37.3 Å². The van der Waals surface area contributed by atoms with Crippen molar-refractivity contribution in [2.75, 3.05) is 17.7 Å². The highest BCUT2D eigenvalue weighted by Crippen LogP contribution is 2.43. The molecule has 1 aliphatic heterocycles. The van der Waals surface area contributed by atoms with Crippen LogP contribution in [0.15, 0.2) is 42.5 Å². The molecule has 8 heteroatoms. The number of ether oxygens (including phenoxy) is 2. The molecule has 2 atom stereocenters. The maximum Gasteiger partial charge on any atom is 0.244 e. The van der Waals surface area contributed by atoms with Crippen molar-refractivity contribution in [3.05, 3.63) is 53.6 Å². The Kier molecular flexibility index (Phi) is 7.26. The number of hydrogen-bond acceptors (Lipinski definition) is 5. The molecule has 1 amide bonds. The smallest absolute Gasteiger partial charge is 0.244 e. The molecule has 0 radical (unpaired) electrons. The van der Waals surface area contributed by atoms with Crippen LogP contribution in [-0.2, 0) is 14.8 Å². The number of hydrogen-bond donors (Lipinski definition) is 1. The molecule has 2 aromatic carbocycles. The number of para-hydroxylation sites is 1. The van der Waals surface area contributed by atoms with E-state index in [0.717, 1.165) is 40.3 Å². The highest BCUT2D eigenvalue weighted by Gasteiger charge is 2.40. The minimum Gasteiger partial charge on any atom is -0.495 e. The molecule has 180 valence electrons. The number of aryl methyl sites for hydroxylation is 1. The molecule has 33 heavy (non-hydrogen) atoms. The predicted octanol–water partition coefficient (Wildman–Crippen LogP) is 4.36. The normalized spacial score (nSPS) is 17.9. The lowest BCUT2D eigenvalue weighted by molar-refractivity contribution is -0.123. The van der Waals surface area contributed by atoms with Gasteiger partial charge in [-0.2, -0.15) is 0 Å². The number of carbonyl (C=O) groups is 1. The van der Waals surface area contributed by atoms with Gasteiger partial charge in [-0.1, -0.05) is 38.1 Å². The van der Waals surface area contributed by atoms with Gasteiger partial charge in [0.2, 0.25) is 15.9 Å². The van der Waals surface area contributed by atoms with E-state index in [-0.39, 0.29) is 17.6 Å². The zero-order chi connectivity index (χ0) is 24.4. The van der Waals surface area contributed by atoms with Crippen LogP contribution in [0.25, 0.3) is 0 Å². The fraction of sp³-hybridized carbons (Fsp3) is 0.480. The quantitative estimate of drug-likeness (QED) is 0.615. The Hall–Kier alpha value is -2.74. The fourth-order valence-electron chi connectivity index (χ4n) is 4.48. The van der Waals surface area contributed by atoms with Crippen LogP contribution in [-0.4, -0.2) is 39.3 Å². The largest absolute Gasteiger partial charge is 0.495 e. The lowest BCUT2D eigenvalue weighted by Crippen LogP contribution is -2.51. The van der Waals surface area contributed by atoms with E-state index in [1.54, 1.807) is 19.1 Å². The highest BCUT2D eigenvalue weighted by atomic mass is 32.2. The molecular weight excluding hydrogens is 440 g/mol. The maximum atomic E-state index is 13.5. The van der Waals surface area contributed by atoms with Crippen LogP contribution in [0.3, 0.4) is 0 Å². The standard InChI is InChI=1S/C25H34N2O5S/c1-7-25(8-2)16-20(19-11-9-10-12-22(19)32-25)26-24(28)18(4)27(33(6,29)30)21-15-17(3)13-14-23(21)31-5/h9-15,18,20H,7-8,16H2,1-6H3,(H,26,28)/t18-,20+/m0/s1. The Morgan fingerprint density at radius 3 is 2.52 bits per heavy atom. The monoisotopic (exact) mass is 474 g/mol. The molecule has 1 aliphatic rings. The van der Waals surface area contributed by atoms with Crippen LogP contribution in [0.4, 0.5) is 5.69 Å². The van der Waals surface area contributed by atoms with E-state index >= 15 is 0 Å². The fourth-order valence-corrected chi connectivity index (χ4v) is 5.65. The van der Waals surface area contributed by atoms with Gasteiger partial charge in [-0.05, 0) is 50.5 Å². The van der Waals surface area contributed by atoms with Crippen molar-refractivity contribution >= 4 is 21.6 Å². The van der Waals surface area contributed by atoms with Crippen LogP contribution in [0.2, 0.25) is 0 Å². The highest BCUT2D eigenvalue weighted by molar-refractivity contribution is 7.92. The number of nitrogens with one attached hydrogen (secondary N) is 1. The average Bonchev–Trinajstić information content (AvgIpc) is 2.78. The molecule has 1 N–H and O–H groups in total. The summed E-state index contributed by atoms with van der Waals surface area (Å²) in [6.45, 7) is 7.61. The van der Waals surface area contributed by atoms with Gasteiger partial charge in [0.15, 0.2) is 0 Å². The average molecular weight is 475 g/mol. The molecule has 1 heterocycles. The van der Waals surface area contributed by atoms with Crippen molar-refractivity contribution in [1.29, 1.82) is 0 Å². The van der Waals surface area contributed by atoms with Gasteiger partial charge in [-0.3, -0.25) is 9.10 Å². The van der Waals surface area contributed by atoms with Gasteiger partial charge in [0, 0.05) is 12.0 Å². The van der Waals surface area contributed by atoms with Crippen LogP contribution in [0.5, 0.6) is 11.5 Å². The third kappa shape index (κ3) is 5.11. The first-order valence-corrected chi connectivity index (χ1v) is 13.1. The molecule has 0 unspecified atom stereocenters. The van der Waals surface area contributed by atoms with E-state index in [0.29, 0.717) is 17.9 Å². The van der Waals surface area contributed by atoms with Gasteiger partial charge in [0.25, 0.3) is 0 Å². The summed E-state index contributed by atoms with van der Waals surface area (Å²) in [5, 5.41) is 3.11. The van der Waals surface area contributed by atoms with Gasteiger partial charge in [0.1, 0.15) is 23.1 Å². The topological polar surface area (TPSA) is 84.9 Å². The van der Waals surface area contributed by atoms with Gasteiger partial charge in [-0.15, -0.1) is 0 Å². The molecule has 0 bridgehead atoms. The molecule has 0 fully saturated rings. The zero-order valence-corrected chi connectivity index (χ0v) is 21.0. The summed E-state index contributed by atoms with van der Waals surface area (Å²) < 4.78 is 38.5. The summed E-state index contributed by atoms with van der Waals surface area (Å²) in [4.78, 5) is 13.5. The Balaban J connectivity index is 1.96. The predicted molar refractivity (Wildman–Crippen MR) is 130 cm³/mol. The van der Waals surface area contributed by atoms with E-state index in [4.69, 9.17) is 9.47 Å². The molecule has 7 nitrogen and oxygen atoms in total. The minimum absolute atomic E-state index is 0.286. The molecule has 0 spiro atoms. The summed E-state index contributed by atoms with van der Waals surface area (Å²) in [6, 6.07) is 11.7. The van der Waals surface area contributed by atoms with Gasteiger partial charge in [-0.25, -0.2) is 8.42 Å². The van der Waals surface area contributed by atoms with Gasteiger partial charge >= 0.3 is 0 Å². The van der Waals surface area contributed by atoms with E-state index in [9.17, 15) is 13.2 Å². The van der Waals surface area contributed by atoms with Crippen molar-refractivity contribution in [1.82, 2.24) is 5.32 Å². The molecule has 3 rings (SSSR count). The Morgan fingerprint density at radius 1 is 1.24 bits per heavy atom. The number of fused-ring (bicyclic) bond motifs is 1. The van der Waals surface area contributed by atoms with Crippen molar-refractivity contribution < 1.29 is 22.7 Å². The second-order valence-electron chi connectivity index (χ2n) is 8.71. The third-order valence-electron chi connectivity index (χ3n) is 6.46. The molecule has 0 saturated carbocycles. The Bertz CT molecular complexity index is 1110. The van der Waals surface area contributed by atoms with Crippen LogP contribution >= 0.6 is 0 Å².